The second kappa shape index (κ2) is 7.07. The maximum atomic E-state index is 12.7. The lowest BCUT2D eigenvalue weighted by molar-refractivity contribution is -0.257. The van der Waals surface area contributed by atoms with E-state index in [4.69, 9.17) is 9.84 Å². The van der Waals surface area contributed by atoms with Crippen LogP contribution in [0.4, 0.5) is 0 Å². The average Bonchev–Trinajstić information content (AvgIpc) is 2.51. The Morgan fingerprint density at radius 3 is 2.12 bits per heavy atom. The highest BCUT2D eigenvalue weighted by Crippen LogP contribution is 2.40. The first kappa shape index (κ1) is 20.5. The molecule has 146 valence electrons. The van der Waals surface area contributed by atoms with Crippen LogP contribution < -0.4 is 5.32 Å². The molecule has 2 saturated heterocycles. The van der Waals surface area contributed by atoms with Crippen LogP contribution in [-0.4, -0.2) is 84.9 Å². The highest BCUT2D eigenvalue weighted by Gasteiger charge is 2.49. The third-order valence-corrected chi connectivity index (χ3v) is 5.22. The van der Waals surface area contributed by atoms with E-state index in [0.717, 1.165) is 0 Å². The Kier molecular flexibility index (Phi) is 5.80. The lowest BCUT2D eigenvalue weighted by atomic mass is 9.75. The molecule has 2 aliphatic rings. The van der Waals surface area contributed by atoms with Crippen LogP contribution in [0.1, 0.15) is 40.5 Å². The van der Waals surface area contributed by atoms with Gasteiger partial charge in [0.25, 0.3) is 0 Å². The molecular formula is C16H30N2O7. The summed E-state index contributed by atoms with van der Waals surface area (Å²) in [5.41, 5.74) is -1.24. The zero-order valence-corrected chi connectivity index (χ0v) is 15.1. The van der Waals surface area contributed by atoms with Crippen molar-refractivity contribution in [2.75, 3.05) is 6.61 Å². The van der Waals surface area contributed by atoms with Gasteiger partial charge in [0.05, 0.1) is 6.61 Å². The molecule has 0 spiro atoms. The molecule has 0 aromatic carbocycles. The summed E-state index contributed by atoms with van der Waals surface area (Å²) in [6, 6.07) is -1.20. The van der Waals surface area contributed by atoms with E-state index in [-0.39, 0.29) is 0 Å². The number of nitrogens with zero attached hydrogens (tertiary/aromatic N) is 1. The van der Waals surface area contributed by atoms with Crippen LogP contribution >= 0.6 is 0 Å². The van der Waals surface area contributed by atoms with Crippen LogP contribution in [0.25, 0.3) is 0 Å². The smallest absolute Gasteiger partial charge is 0.223 e. The topological polar surface area (TPSA) is 143 Å². The molecule has 2 rings (SSSR count). The van der Waals surface area contributed by atoms with Crippen LogP contribution in [0.15, 0.2) is 0 Å². The molecule has 2 heterocycles. The summed E-state index contributed by atoms with van der Waals surface area (Å²) in [7, 11) is 0. The zero-order valence-electron chi connectivity index (χ0n) is 15.1. The van der Waals surface area contributed by atoms with Crippen LogP contribution in [0.3, 0.4) is 0 Å². The molecule has 9 heteroatoms. The molecule has 0 aromatic rings. The number of aliphatic hydroxyl groups excluding tert-OH is 4. The number of amides is 1. The molecule has 9 nitrogen and oxygen atoms in total. The van der Waals surface area contributed by atoms with Crippen LogP contribution in [0.2, 0.25) is 0 Å². The summed E-state index contributed by atoms with van der Waals surface area (Å²) in [5.74, 6) is -0.837. The molecule has 2 fully saturated rings. The van der Waals surface area contributed by atoms with Gasteiger partial charge in [-0.1, -0.05) is 0 Å². The monoisotopic (exact) mass is 362 g/mol. The van der Waals surface area contributed by atoms with Gasteiger partial charge in [0.2, 0.25) is 5.91 Å². The summed E-state index contributed by atoms with van der Waals surface area (Å²) < 4.78 is 5.05. The van der Waals surface area contributed by atoms with Gasteiger partial charge in [-0.15, -0.1) is 0 Å². The van der Waals surface area contributed by atoms with Gasteiger partial charge >= 0.3 is 0 Å². The minimum atomic E-state index is -1.54. The van der Waals surface area contributed by atoms with Crippen LogP contribution in [-0.2, 0) is 9.53 Å². The normalized spacial score (nSPS) is 39.2. The van der Waals surface area contributed by atoms with Gasteiger partial charge in [-0.2, -0.15) is 5.06 Å². The molecule has 0 saturated carbocycles. The fourth-order valence-electron chi connectivity index (χ4n) is 3.99. The molecule has 1 amide bonds. The molecule has 0 aromatic heterocycles. The second-order valence-corrected chi connectivity index (χ2v) is 8.31. The molecule has 0 aliphatic carbocycles. The van der Waals surface area contributed by atoms with E-state index in [0.29, 0.717) is 12.8 Å². The Morgan fingerprint density at radius 2 is 1.64 bits per heavy atom. The highest BCUT2D eigenvalue weighted by molar-refractivity contribution is 5.79. The largest absolute Gasteiger partial charge is 0.394 e. The summed E-state index contributed by atoms with van der Waals surface area (Å²) >= 11 is 0. The lowest BCUT2D eigenvalue weighted by Gasteiger charge is -2.51. The predicted octanol–water partition coefficient (Wildman–Crippen LogP) is -1.44. The molecule has 0 radical (unpaired) electrons. The summed E-state index contributed by atoms with van der Waals surface area (Å²) in [4.78, 5) is 12.7. The number of hydrogen-bond acceptors (Lipinski definition) is 8. The van der Waals surface area contributed by atoms with Crippen molar-refractivity contribution >= 4 is 5.91 Å². The number of carbonyl (C=O) groups excluding carboxylic acids is 1. The molecule has 5 atom stereocenters. The van der Waals surface area contributed by atoms with E-state index < -0.39 is 60.2 Å². The summed E-state index contributed by atoms with van der Waals surface area (Å²) in [6.45, 7) is 6.76. The van der Waals surface area contributed by atoms with Crippen LogP contribution in [0.5, 0.6) is 0 Å². The van der Waals surface area contributed by atoms with Crippen LogP contribution in [0, 0.1) is 5.92 Å². The zero-order chi connectivity index (χ0) is 19.2. The first-order chi connectivity index (χ1) is 11.4. The van der Waals surface area contributed by atoms with Crippen molar-refractivity contribution in [3.05, 3.63) is 0 Å². The predicted molar refractivity (Wildman–Crippen MR) is 86.4 cm³/mol. The van der Waals surface area contributed by atoms with Gasteiger partial charge in [-0.05, 0) is 40.5 Å². The number of nitrogens with one attached hydrogen (secondary N) is 1. The Balaban J connectivity index is 2.09. The number of hydrogen-bond donors (Lipinski definition) is 6. The summed E-state index contributed by atoms with van der Waals surface area (Å²) in [6.07, 6.45) is -4.78. The first-order valence-corrected chi connectivity index (χ1v) is 8.51. The van der Waals surface area contributed by atoms with Gasteiger partial charge in [0.15, 0.2) is 6.29 Å². The van der Waals surface area contributed by atoms with E-state index in [1.54, 1.807) is 0 Å². The van der Waals surface area contributed by atoms with Gasteiger partial charge in [-0.3, -0.25) is 4.79 Å². The lowest BCUT2D eigenvalue weighted by Crippen LogP contribution is -2.66. The molecule has 2 aliphatic heterocycles. The third-order valence-electron chi connectivity index (χ3n) is 5.22. The Bertz CT molecular complexity index is 481. The molecular weight excluding hydrogens is 332 g/mol. The maximum Gasteiger partial charge on any atom is 0.223 e. The van der Waals surface area contributed by atoms with Crippen molar-refractivity contribution in [3.63, 3.8) is 0 Å². The SMILES string of the molecule is CC1(C)CC(C(=O)NC2C(O)OC(CO)C(O)C2O)CC(C)(C)N1O. The van der Waals surface area contributed by atoms with Gasteiger partial charge in [-0.25, -0.2) is 0 Å². The van der Waals surface area contributed by atoms with E-state index >= 15 is 0 Å². The molecule has 0 bridgehead atoms. The number of ether oxygens (including phenoxy) is 1. The Labute approximate surface area is 147 Å². The van der Waals surface area contributed by atoms with Gasteiger partial charge in [0.1, 0.15) is 24.4 Å². The standard InChI is InChI=1S/C16H30N2O7/c1-15(2)5-8(6-16(3,4)18(15)24)13(22)17-10-12(21)11(20)9(7-19)25-14(10)23/h8-12,14,19-21,23-24H,5-7H2,1-4H3,(H,17,22). The van der Waals surface area contributed by atoms with Crippen molar-refractivity contribution in [1.29, 1.82) is 0 Å². The van der Waals surface area contributed by atoms with E-state index in [1.165, 1.54) is 5.06 Å². The number of hydroxylamine groups is 2. The Hall–Kier alpha value is -0.810. The van der Waals surface area contributed by atoms with Gasteiger partial charge in [0, 0.05) is 17.0 Å². The molecule has 5 unspecified atom stereocenters. The fourth-order valence-corrected chi connectivity index (χ4v) is 3.99. The third kappa shape index (κ3) is 3.97. The maximum absolute atomic E-state index is 12.7. The number of rotatable bonds is 3. The van der Waals surface area contributed by atoms with Crippen molar-refractivity contribution in [2.45, 2.75) is 82.3 Å². The van der Waals surface area contributed by atoms with E-state index in [9.17, 15) is 25.3 Å². The number of aliphatic hydroxyl groups is 4. The fraction of sp³-hybridized carbons (Fsp3) is 0.938. The van der Waals surface area contributed by atoms with Gasteiger partial charge < -0.3 is 35.7 Å². The van der Waals surface area contributed by atoms with E-state index in [2.05, 4.69) is 5.32 Å². The molecule has 25 heavy (non-hydrogen) atoms. The van der Waals surface area contributed by atoms with Crippen molar-refractivity contribution in [3.8, 4) is 0 Å². The van der Waals surface area contributed by atoms with Crippen molar-refractivity contribution in [1.82, 2.24) is 10.4 Å². The average molecular weight is 362 g/mol. The number of piperidine rings is 1. The second-order valence-electron chi connectivity index (χ2n) is 8.31. The highest BCUT2D eigenvalue weighted by atomic mass is 16.6. The Morgan fingerprint density at radius 1 is 1.12 bits per heavy atom. The minimum absolute atomic E-state index is 0.389. The van der Waals surface area contributed by atoms with E-state index in [1.807, 2.05) is 27.7 Å². The van der Waals surface area contributed by atoms with Crippen molar-refractivity contribution in [2.24, 2.45) is 5.92 Å². The van der Waals surface area contributed by atoms with Crippen molar-refractivity contribution < 1.29 is 35.2 Å². The minimum Gasteiger partial charge on any atom is -0.394 e. The molecule has 6 N–H and O–H groups in total. The number of carbonyl (C=O) groups is 1. The summed E-state index contributed by atoms with van der Waals surface area (Å²) in [5, 5.41) is 53.2. The first-order valence-electron chi connectivity index (χ1n) is 8.51. The quantitative estimate of drug-likeness (QED) is 0.358.